The average molecular weight is 261 g/mol. The molecule has 0 amide bonds. The summed E-state index contributed by atoms with van der Waals surface area (Å²) in [6, 6.07) is 9.83. The average Bonchev–Trinajstić information content (AvgIpc) is 2.34. The van der Waals surface area contributed by atoms with Crippen LogP contribution in [0.5, 0.6) is 0 Å². The lowest BCUT2D eigenvalue weighted by Gasteiger charge is -2.09. The Kier molecular flexibility index (Phi) is 3.53. The molecule has 1 aromatic carbocycles. The summed E-state index contributed by atoms with van der Waals surface area (Å²) in [6.07, 6.45) is 0. The number of nitrogens with one attached hydrogen (secondary N) is 1. The molecule has 3 nitrogen and oxygen atoms in total. The number of thiocarbonyl (C=S) groups is 1. The van der Waals surface area contributed by atoms with Gasteiger partial charge in [0.25, 0.3) is 0 Å². The molecular weight excluding hydrogens is 249 g/mol. The second kappa shape index (κ2) is 5.10. The molecule has 3 N–H and O–H groups in total. The van der Waals surface area contributed by atoms with Crippen LogP contribution in [0.1, 0.15) is 11.3 Å². The zero-order chi connectivity index (χ0) is 13.1. The molecule has 0 aliphatic heterocycles. The number of rotatable bonds is 3. The van der Waals surface area contributed by atoms with Gasteiger partial charge in [0.2, 0.25) is 0 Å². The Balaban J connectivity index is 2.31. The third-order valence-corrected chi connectivity index (χ3v) is 2.67. The molecule has 2 rings (SSSR count). The summed E-state index contributed by atoms with van der Waals surface area (Å²) >= 11 is 4.86. The summed E-state index contributed by atoms with van der Waals surface area (Å²) in [6.45, 7) is 1.89. The number of hydrogen-bond donors (Lipinski definition) is 2. The smallest absolute Gasteiger partial charge is 0.131 e. The van der Waals surface area contributed by atoms with Crippen molar-refractivity contribution in [3.05, 3.63) is 53.5 Å². The zero-order valence-corrected chi connectivity index (χ0v) is 10.6. The van der Waals surface area contributed by atoms with Crippen LogP contribution >= 0.6 is 12.2 Å². The maximum atomic E-state index is 13.2. The van der Waals surface area contributed by atoms with Crippen LogP contribution in [0.4, 0.5) is 15.9 Å². The summed E-state index contributed by atoms with van der Waals surface area (Å²) in [5, 5.41) is 3.04. The standard InChI is InChI=1S/C13H12FN3S/c1-8-5-6-9(14)7-11(8)17-12-4-2-3-10(16-12)13(15)18/h2-7H,1H3,(H2,15,18)(H,16,17). The molecule has 18 heavy (non-hydrogen) atoms. The SMILES string of the molecule is Cc1ccc(F)cc1Nc1cccc(C(N)=S)n1. The van der Waals surface area contributed by atoms with Crippen LogP contribution in [0, 0.1) is 12.7 Å². The summed E-state index contributed by atoms with van der Waals surface area (Å²) in [5.41, 5.74) is 7.64. The highest BCUT2D eigenvalue weighted by molar-refractivity contribution is 7.80. The fraction of sp³-hybridized carbons (Fsp3) is 0.0769. The highest BCUT2D eigenvalue weighted by Crippen LogP contribution is 2.20. The molecule has 5 heteroatoms. The summed E-state index contributed by atoms with van der Waals surface area (Å²) in [4.78, 5) is 4.47. The Hall–Kier alpha value is -2.01. The largest absolute Gasteiger partial charge is 0.388 e. The fourth-order valence-corrected chi connectivity index (χ4v) is 1.62. The summed E-state index contributed by atoms with van der Waals surface area (Å²) in [7, 11) is 0. The topological polar surface area (TPSA) is 50.9 Å². The van der Waals surface area contributed by atoms with Gasteiger partial charge in [0.15, 0.2) is 0 Å². The van der Waals surface area contributed by atoms with Crippen molar-refractivity contribution in [2.45, 2.75) is 6.92 Å². The van der Waals surface area contributed by atoms with Crippen molar-refractivity contribution in [3.8, 4) is 0 Å². The first-order valence-electron chi connectivity index (χ1n) is 5.36. The molecule has 0 unspecified atom stereocenters. The molecule has 0 saturated heterocycles. The minimum atomic E-state index is -0.298. The van der Waals surface area contributed by atoms with E-state index in [1.54, 1.807) is 24.3 Å². The molecule has 0 radical (unpaired) electrons. The Morgan fingerprint density at radius 1 is 1.33 bits per heavy atom. The summed E-state index contributed by atoms with van der Waals surface area (Å²) < 4.78 is 13.2. The number of nitrogens with two attached hydrogens (primary N) is 1. The molecule has 0 saturated carbocycles. The van der Waals surface area contributed by atoms with Crippen LogP contribution in [0.2, 0.25) is 0 Å². The van der Waals surface area contributed by atoms with Crippen molar-refractivity contribution >= 4 is 28.7 Å². The normalized spacial score (nSPS) is 10.1. The molecule has 1 aromatic heterocycles. The van der Waals surface area contributed by atoms with Crippen molar-refractivity contribution in [1.29, 1.82) is 0 Å². The van der Waals surface area contributed by atoms with Gasteiger partial charge in [0.05, 0.1) is 5.69 Å². The molecule has 0 aliphatic rings. The number of anilines is 2. The third-order valence-electron chi connectivity index (χ3n) is 2.46. The second-order valence-corrected chi connectivity index (χ2v) is 4.30. The molecule has 0 spiro atoms. The molecule has 0 fully saturated rings. The van der Waals surface area contributed by atoms with E-state index in [-0.39, 0.29) is 10.8 Å². The molecule has 92 valence electrons. The number of nitrogens with zero attached hydrogens (tertiary/aromatic N) is 1. The quantitative estimate of drug-likeness (QED) is 0.834. The van der Waals surface area contributed by atoms with Gasteiger partial charge in [-0.15, -0.1) is 0 Å². The minimum Gasteiger partial charge on any atom is -0.388 e. The van der Waals surface area contributed by atoms with Gasteiger partial charge < -0.3 is 11.1 Å². The molecule has 0 atom stereocenters. The Labute approximate surface area is 110 Å². The van der Waals surface area contributed by atoms with E-state index < -0.39 is 0 Å². The maximum Gasteiger partial charge on any atom is 0.131 e. The van der Waals surface area contributed by atoms with Crippen LogP contribution in [-0.4, -0.2) is 9.97 Å². The third kappa shape index (κ3) is 2.81. The predicted molar refractivity (Wildman–Crippen MR) is 74.5 cm³/mol. The number of aromatic nitrogens is 1. The summed E-state index contributed by atoms with van der Waals surface area (Å²) in [5.74, 6) is 0.280. The number of halogens is 1. The van der Waals surface area contributed by atoms with E-state index >= 15 is 0 Å². The van der Waals surface area contributed by atoms with Gasteiger partial charge in [-0.25, -0.2) is 9.37 Å². The van der Waals surface area contributed by atoms with E-state index in [2.05, 4.69) is 10.3 Å². The van der Waals surface area contributed by atoms with E-state index in [1.165, 1.54) is 12.1 Å². The van der Waals surface area contributed by atoms with Gasteiger partial charge in [-0.05, 0) is 36.8 Å². The Morgan fingerprint density at radius 3 is 2.83 bits per heavy atom. The van der Waals surface area contributed by atoms with E-state index in [1.807, 2.05) is 6.92 Å². The van der Waals surface area contributed by atoms with Crippen LogP contribution in [0.25, 0.3) is 0 Å². The number of benzene rings is 1. The maximum absolute atomic E-state index is 13.2. The first kappa shape index (κ1) is 12.4. The van der Waals surface area contributed by atoms with E-state index in [0.29, 0.717) is 17.2 Å². The van der Waals surface area contributed by atoms with Crippen LogP contribution < -0.4 is 11.1 Å². The zero-order valence-electron chi connectivity index (χ0n) is 9.77. The van der Waals surface area contributed by atoms with Crippen LogP contribution in [-0.2, 0) is 0 Å². The van der Waals surface area contributed by atoms with Gasteiger partial charge in [-0.2, -0.15) is 0 Å². The van der Waals surface area contributed by atoms with Crippen molar-refractivity contribution in [2.75, 3.05) is 5.32 Å². The van der Waals surface area contributed by atoms with Crippen molar-refractivity contribution < 1.29 is 4.39 Å². The molecule has 1 heterocycles. The molecule has 2 aromatic rings. The van der Waals surface area contributed by atoms with E-state index in [0.717, 1.165) is 5.56 Å². The minimum absolute atomic E-state index is 0.231. The lowest BCUT2D eigenvalue weighted by Crippen LogP contribution is -2.12. The fourth-order valence-electron chi connectivity index (χ4n) is 1.51. The first-order chi connectivity index (χ1) is 8.56. The van der Waals surface area contributed by atoms with Crippen molar-refractivity contribution in [2.24, 2.45) is 5.73 Å². The number of pyridine rings is 1. The highest BCUT2D eigenvalue weighted by atomic mass is 32.1. The first-order valence-corrected chi connectivity index (χ1v) is 5.77. The molecule has 0 aliphatic carbocycles. The monoisotopic (exact) mass is 261 g/mol. The molecular formula is C13H12FN3S. The lowest BCUT2D eigenvalue weighted by molar-refractivity contribution is 0.628. The predicted octanol–water partition coefficient (Wildman–Crippen LogP) is 2.91. The highest BCUT2D eigenvalue weighted by Gasteiger charge is 2.04. The molecule has 0 bridgehead atoms. The van der Waals surface area contributed by atoms with Gasteiger partial charge in [-0.1, -0.05) is 24.4 Å². The van der Waals surface area contributed by atoms with E-state index in [9.17, 15) is 4.39 Å². The van der Waals surface area contributed by atoms with Gasteiger partial charge in [0, 0.05) is 5.69 Å². The van der Waals surface area contributed by atoms with Crippen molar-refractivity contribution in [1.82, 2.24) is 4.98 Å². The van der Waals surface area contributed by atoms with Gasteiger partial charge in [0.1, 0.15) is 16.6 Å². The Bertz CT molecular complexity index is 599. The van der Waals surface area contributed by atoms with Crippen molar-refractivity contribution in [3.63, 3.8) is 0 Å². The van der Waals surface area contributed by atoms with Gasteiger partial charge >= 0.3 is 0 Å². The number of aryl methyl sites for hydroxylation is 1. The van der Waals surface area contributed by atoms with E-state index in [4.69, 9.17) is 18.0 Å². The second-order valence-electron chi connectivity index (χ2n) is 3.86. The van der Waals surface area contributed by atoms with Gasteiger partial charge in [-0.3, -0.25) is 0 Å². The number of hydrogen-bond acceptors (Lipinski definition) is 3. The van der Waals surface area contributed by atoms with Crippen LogP contribution in [0.3, 0.4) is 0 Å². The lowest BCUT2D eigenvalue weighted by atomic mass is 10.2. The van der Waals surface area contributed by atoms with Crippen LogP contribution in [0.15, 0.2) is 36.4 Å². The Morgan fingerprint density at radius 2 is 2.11 bits per heavy atom.